The van der Waals surface area contributed by atoms with Gasteiger partial charge in [0.05, 0.1) is 0 Å². The van der Waals surface area contributed by atoms with E-state index in [0.717, 1.165) is 12.2 Å². The van der Waals surface area contributed by atoms with Crippen LogP contribution in [0.4, 0.5) is 4.39 Å². The van der Waals surface area contributed by atoms with Gasteiger partial charge in [0.1, 0.15) is 11.2 Å². The molecular weight excluding hydrogens is 227 g/mol. The molecule has 0 heterocycles. The fraction of sp³-hybridized carbons (Fsp3) is 0.500. The molecule has 0 saturated carbocycles. The lowest BCUT2D eigenvalue weighted by molar-refractivity contribution is -0.153. The normalized spacial score (nSPS) is 28.6. The van der Waals surface area contributed by atoms with E-state index in [1.807, 2.05) is 0 Å². The van der Waals surface area contributed by atoms with Crippen molar-refractivity contribution in [2.24, 2.45) is 17.3 Å². The average Bonchev–Trinajstić information content (AvgIpc) is 2.16. The predicted molar refractivity (Wildman–Crippen MR) is 59.0 cm³/mol. The Bertz CT molecular complexity index is 422. The maximum atomic E-state index is 13.9. The van der Waals surface area contributed by atoms with Crippen molar-refractivity contribution in [3.63, 3.8) is 0 Å². The lowest BCUT2D eigenvalue weighted by Gasteiger charge is -2.39. The van der Waals surface area contributed by atoms with Gasteiger partial charge in [0.2, 0.25) is 0 Å². The molecule has 0 radical (unpaired) electrons. The minimum Gasteiger partial charge on any atom is -0.480 e. The van der Waals surface area contributed by atoms with E-state index in [9.17, 15) is 19.1 Å². The van der Waals surface area contributed by atoms with Crippen molar-refractivity contribution in [1.29, 1.82) is 0 Å². The zero-order valence-electron chi connectivity index (χ0n) is 9.90. The van der Waals surface area contributed by atoms with Crippen molar-refractivity contribution in [3.05, 3.63) is 23.6 Å². The molecule has 0 amide bonds. The molecule has 1 rings (SSSR count). The molecule has 1 aliphatic carbocycles. The van der Waals surface area contributed by atoms with Gasteiger partial charge in [0, 0.05) is 11.5 Å². The van der Waals surface area contributed by atoms with E-state index >= 15 is 0 Å². The van der Waals surface area contributed by atoms with Crippen molar-refractivity contribution in [1.82, 2.24) is 0 Å². The Labute approximate surface area is 98.4 Å². The molecule has 2 atom stereocenters. The van der Waals surface area contributed by atoms with Gasteiger partial charge < -0.3 is 10.2 Å². The van der Waals surface area contributed by atoms with Crippen LogP contribution in [0.5, 0.6) is 0 Å². The van der Waals surface area contributed by atoms with Crippen LogP contribution in [-0.4, -0.2) is 22.2 Å². The van der Waals surface area contributed by atoms with E-state index in [1.54, 1.807) is 13.8 Å². The number of aliphatic carboxylic acids is 2. The summed E-state index contributed by atoms with van der Waals surface area (Å²) < 4.78 is 13.9. The number of hydrogen-bond acceptors (Lipinski definition) is 2. The first-order chi connectivity index (χ1) is 7.76. The SMILES string of the molecule is CC(C)C1(C(=O)O)C(F)=CC=C(C(=O)O)C1C. The maximum absolute atomic E-state index is 13.9. The number of carboxylic acids is 2. The van der Waals surface area contributed by atoms with Gasteiger partial charge in [-0.05, 0) is 18.1 Å². The largest absolute Gasteiger partial charge is 0.480 e. The molecule has 0 spiro atoms. The number of hydrogen-bond donors (Lipinski definition) is 2. The van der Waals surface area contributed by atoms with Crippen LogP contribution in [0, 0.1) is 17.3 Å². The molecule has 2 unspecified atom stereocenters. The van der Waals surface area contributed by atoms with Gasteiger partial charge in [-0.3, -0.25) is 4.79 Å². The molecule has 17 heavy (non-hydrogen) atoms. The fourth-order valence-electron chi connectivity index (χ4n) is 2.46. The Hall–Kier alpha value is -1.65. The Kier molecular flexibility index (Phi) is 3.40. The van der Waals surface area contributed by atoms with Crippen LogP contribution < -0.4 is 0 Å². The fourth-order valence-corrected chi connectivity index (χ4v) is 2.46. The summed E-state index contributed by atoms with van der Waals surface area (Å²) in [5.41, 5.74) is -1.87. The zero-order chi connectivity index (χ0) is 13.4. The summed E-state index contributed by atoms with van der Waals surface area (Å²) in [5.74, 6) is -4.80. The summed E-state index contributed by atoms with van der Waals surface area (Å²) in [6, 6.07) is 0. The molecule has 0 saturated heterocycles. The maximum Gasteiger partial charge on any atom is 0.331 e. The van der Waals surface area contributed by atoms with E-state index in [2.05, 4.69) is 0 Å². The quantitative estimate of drug-likeness (QED) is 0.795. The van der Waals surface area contributed by atoms with Crippen LogP contribution in [0.1, 0.15) is 20.8 Å². The lowest BCUT2D eigenvalue weighted by atomic mass is 9.63. The molecule has 0 aromatic carbocycles. The molecular formula is C12H15FO4. The topological polar surface area (TPSA) is 74.6 Å². The Morgan fingerprint density at radius 1 is 1.35 bits per heavy atom. The standard InChI is InChI=1S/C12H15FO4/c1-6(2)12(11(16)17)7(3)8(10(14)15)4-5-9(12)13/h4-7H,1-3H3,(H,14,15)(H,16,17). The van der Waals surface area contributed by atoms with Crippen LogP contribution in [0.15, 0.2) is 23.6 Å². The molecule has 1 aliphatic rings. The second-order valence-corrected chi connectivity index (χ2v) is 4.49. The molecule has 0 bridgehead atoms. The number of halogens is 1. The Morgan fingerprint density at radius 3 is 2.24 bits per heavy atom. The summed E-state index contributed by atoms with van der Waals surface area (Å²) in [6.45, 7) is 4.58. The Balaban J connectivity index is 3.43. The number of allylic oxidation sites excluding steroid dienone is 2. The van der Waals surface area contributed by atoms with Crippen molar-refractivity contribution >= 4 is 11.9 Å². The summed E-state index contributed by atoms with van der Waals surface area (Å²) in [4.78, 5) is 22.4. The van der Waals surface area contributed by atoms with Crippen LogP contribution in [0.3, 0.4) is 0 Å². The first-order valence-corrected chi connectivity index (χ1v) is 5.30. The van der Waals surface area contributed by atoms with Gasteiger partial charge >= 0.3 is 11.9 Å². The van der Waals surface area contributed by atoms with Crippen molar-refractivity contribution in [2.45, 2.75) is 20.8 Å². The van der Waals surface area contributed by atoms with E-state index in [0.29, 0.717) is 0 Å². The van der Waals surface area contributed by atoms with E-state index in [1.165, 1.54) is 6.92 Å². The van der Waals surface area contributed by atoms with Gasteiger partial charge in [0.15, 0.2) is 0 Å². The van der Waals surface area contributed by atoms with Gasteiger partial charge in [-0.2, -0.15) is 0 Å². The van der Waals surface area contributed by atoms with Crippen LogP contribution in [0.25, 0.3) is 0 Å². The van der Waals surface area contributed by atoms with E-state index in [-0.39, 0.29) is 5.57 Å². The first-order valence-electron chi connectivity index (χ1n) is 5.30. The average molecular weight is 242 g/mol. The third kappa shape index (κ3) is 1.75. The molecule has 0 aromatic rings. The van der Waals surface area contributed by atoms with Crippen LogP contribution >= 0.6 is 0 Å². The molecule has 0 aliphatic heterocycles. The number of carbonyl (C=O) groups is 2. The summed E-state index contributed by atoms with van der Waals surface area (Å²) >= 11 is 0. The second kappa shape index (κ2) is 4.31. The number of carboxylic acid groups (broad SMARTS) is 2. The third-order valence-corrected chi connectivity index (χ3v) is 3.47. The summed E-state index contributed by atoms with van der Waals surface area (Å²) in [7, 11) is 0. The molecule has 0 fully saturated rings. The Morgan fingerprint density at radius 2 is 1.88 bits per heavy atom. The molecule has 0 aromatic heterocycles. The highest BCUT2D eigenvalue weighted by atomic mass is 19.1. The van der Waals surface area contributed by atoms with Gasteiger partial charge in [0.25, 0.3) is 0 Å². The van der Waals surface area contributed by atoms with Gasteiger partial charge in [-0.25, -0.2) is 9.18 Å². The monoisotopic (exact) mass is 242 g/mol. The highest BCUT2D eigenvalue weighted by Gasteiger charge is 2.54. The highest BCUT2D eigenvalue weighted by molar-refractivity contribution is 5.91. The van der Waals surface area contributed by atoms with Gasteiger partial charge in [-0.15, -0.1) is 0 Å². The molecule has 2 N–H and O–H groups in total. The molecule has 5 heteroatoms. The second-order valence-electron chi connectivity index (χ2n) is 4.49. The number of rotatable bonds is 3. The third-order valence-electron chi connectivity index (χ3n) is 3.47. The predicted octanol–water partition coefficient (Wildman–Crippen LogP) is 2.23. The van der Waals surface area contributed by atoms with Crippen LogP contribution in [-0.2, 0) is 9.59 Å². The minimum absolute atomic E-state index is 0.0810. The molecule has 4 nitrogen and oxygen atoms in total. The lowest BCUT2D eigenvalue weighted by Crippen LogP contribution is -2.45. The summed E-state index contributed by atoms with van der Waals surface area (Å²) in [5, 5.41) is 18.3. The van der Waals surface area contributed by atoms with E-state index in [4.69, 9.17) is 5.11 Å². The van der Waals surface area contributed by atoms with Crippen molar-refractivity contribution in [2.75, 3.05) is 0 Å². The highest BCUT2D eigenvalue weighted by Crippen LogP contribution is 2.49. The van der Waals surface area contributed by atoms with Crippen molar-refractivity contribution < 1.29 is 24.2 Å². The zero-order valence-corrected chi connectivity index (χ0v) is 9.90. The summed E-state index contributed by atoms with van der Waals surface area (Å²) in [6.07, 6.45) is 2.07. The first kappa shape index (κ1) is 13.4. The smallest absolute Gasteiger partial charge is 0.331 e. The van der Waals surface area contributed by atoms with Gasteiger partial charge in [-0.1, -0.05) is 20.8 Å². The molecule has 94 valence electrons. The van der Waals surface area contributed by atoms with Crippen LogP contribution in [0.2, 0.25) is 0 Å². The van der Waals surface area contributed by atoms with E-state index < -0.39 is 35.0 Å². The van der Waals surface area contributed by atoms with Crippen molar-refractivity contribution in [3.8, 4) is 0 Å². The minimum atomic E-state index is -1.79.